The topological polar surface area (TPSA) is 18.5 Å². The fourth-order valence-corrected chi connectivity index (χ4v) is 3.50. The Bertz CT molecular complexity index is 841. The molecule has 1 aliphatic carbocycles. The normalized spacial score (nSPS) is 17.0. The summed E-state index contributed by atoms with van der Waals surface area (Å²) < 4.78 is 12.1. The van der Waals surface area contributed by atoms with Gasteiger partial charge >= 0.3 is 0 Å². The Kier molecular flexibility index (Phi) is 2.56. The van der Waals surface area contributed by atoms with Gasteiger partial charge in [0.05, 0.1) is 0 Å². The van der Waals surface area contributed by atoms with E-state index in [2.05, 4.69) is 50.8 Å². The van der Waals surface area contributed by atoms with Crippen molar-refractivity contribution < 1.29 is 9.47 Å². The Hall–Kier alpha value is -2.48. The lowest BCUT2D eigenvalue weighted by Gasteiger charge is -2.25. The molecule has 0 spiro atoms. The van der Waals surface area contributed by atoms with Crippen LogP contribution in [0.3, 0.4) is 0 Å². The number of hydrogen-bond acceptors (Lipinski definition) is 2. The van der Waals surface area contributed by atoms with Gasteiger partial charge in [0.2, 0.25) is 0 Å². The van der Waals surface area contributed by atoms with E-state index >= 15 is 0 Å². The monoisotopic (exact) mass is 290 g/mol. The summed E-state index contributed by atoms with van der Waals surface area (Å²) in [7, 11) is 0. The third-order valence-corrected chi connectivity index (χ3v) is 4.67. The lowest BCUT2D eigenvalue weighted by atomic mass is 9.82. The largest absolute Gasteiger partial charge is 0.454 e. The summed E-state index contributed by atoms with van der Waals surface area (Å²) in [5.74, 6) is 3.00. The van der Waals surface area contributed by atoms with Crippen LogP contribution >= 0.6 is 0 Å². The molecule has 2 aliphatic rings. The van der Waals surface area contributed by atoms with Crippen LogP contribution in [0.4, 0.5) is 0 Å². The number of ether oxygens (including phenoxy) is 2. The first-order valence-corrected chi connectivity index (χ1v) is 7.50. The third-order valence-electron chi connectivity index (χ3n) is 4.67. The fraction of sp³-hybridized carbons (Fsp3) is 0.200. The molecule has 0 bridgehead atoms. The fourth-order valence-electron chi connectivity index (χ4n) is 3.50. The highest BCUT2D eigenvalue weighted by Crippen LogP contribution is 2.55. The van der Waals surface area contributed by atoms with E-state index in [4.69, 9.17) is 9.47 Å². The standard InChI is InChI=1S/C20H18O2/c1-5-16-12(2)21-19-17(22-16)11-10-15-18(19)13-8-6-7-9-14(13)20(15,3)4/h5-11H,1H2,2-4H3. The zero-order valence-electron chi connectivity index (χ0n) is 13.1. The van der Waals surface area contributed by atoms with Crippen LogP contribution in [-0.4, -0.2) is 0 Å². The van der Waals surface area contributed by atoms with Crippen molar-refractivity contribution >= 4 is 0 Å². The second kappa shape index (κ2) is 4.26. The van der Waals surface area contributed by atoms with Crippen molar-refractivity contribution in [1.29, 1.82) is 0 Å². The van der Waals surface area contributed by atoms with Crippen LogP contribution in [0.25, 0.3) is 11.1 Å². The van der Waals surface area contributed by atoms with Crippen LogP contribution in [0.1, 0.15) is 31.9 Å². The zero-order chi connectivity index (χ0) is 15.5. The molecule has 2 nitrogen and oxygen atoms in total. The summed E-state index contributed by atoms with van der Waals surface area (Å²) in [6.45, 7) is 10.2. The van der Waals surface area contributed by atoms with E-state index in [1.807, 2.05) is 13.0 Å². The van der Waals surface area contributed by atoms with Gasteiger partial charge in [0.25, 0.3) is 0 Å². The Morgan fingerprint density at radius 2 is 1.77 bits per heavy atom. The molecule has 110 valence electrons. The highest BCUT2D eigenvalue weighted by molar-refractivity contribution is 5.87. The first kappa shape index (κ1) is 13.2. The Morgan fingerprint density at radius 3 is 2.55 bits per heavy atom. The van der Waals surface area contributed by atoms with Crippen molar-refractivity contribution in [3.8, 4) is 22.6 Å². The van der Waals surface area contributed by atoms with E-state index in [9.17, 15) is 0 Å². The number of allylic oxidation sites excluding steroid dienone is 2. The highest BCUT2D eigenvalue weighted by atomic mass is 16.6. The van der Waals surface area contributed by atoms with Crippen LogP contribution < -0.4 is 9.47 Å². The van der Waals surface area contributed by atoms with E-state index < -0.39 is 0 Å². The summed E-state index contributed by atoms with van der Waals surface area (Å²) in [5.41, 5.74) is 4.98. The molecule has 0 amide bonds. The maximum atomic E-state index is 6.11. The number of hydrogen-bond donors (Lipinski definition) is 0. The van der Waals surface area contributed by atoms with E-state index in [-0.39, 0.29) is 5.41 Å². The van der Waals surface area contributed by atoms with Gasteiger partial charge in [-0.25, -0.2) is 0 Å². The van der Waals surface area contributed by atoms with Crippen LogP contribution in [0, 0.1) is 0 Å². The number of fused-ring (bicyclic) bond motifs is 5. The minimum Gasteiger partial charge on any atom is -0.454 e. The molecule has 2 aromatic rings. The molecule has 0 unspecified atom stereocenters. The van der Waals surface area contributed by atoms with Gasteiger partial charge in [-0.3, -0.25) is 0 Å². The summed E-state index contributed by atoms with van der Waals surface area (Å²) in [5, 5.41) is 0. The van der Waals surface area contributed by atoms with Gasteiger partial charge in [0.15, 0.2) is 17.3 Å². The average molecular weight is 290 g/mol. The van der Waals surface area contributed by atoms with E-state index in [0.717, 1.165) is 22.8 Å². The summed E-state index contributed by atoms with van der Waals surface area (Å²) in [6, 6.07) is 12.7. The van der Waals surface area contributed by atoms with E-state index in [1.165, 1.54) is 16.7 Å². The van der Waals surface area contributed by atoms with Crippen molar-refractivity contribution in [2.45, 2.75) is 26.2 Å². The zero-order valence-corrected chi connectivity index (χ0v) is 13.1. The van der Waals surface area contributed by atoms with E-state index in [1.54, 1.807) is 6.08 Å². The molecule has 0 N–H and O–H groups in total. The van der Waals surface area contributed by atoms with Gasteiger partial charge in [-0.1, -0.05) is 50.8 Å². The second-order valence-electron chi connectivity index (χ2n) is 6.31. The van der Waals surface area contributed by atoms with Gasteiger partial charge in [-0.15, -0.1) is 0 Å². The quantitative estimate of drug-likeness (QED) is 0.720. The van der Waals surface area contributed by atoms with Gasteiger partial charge in [-0.05, 0) is 35.8 Å². The lowest BCUT2D eigenvalue weighted by molar-refractivity contribution is 0.307. The predicted octanol–water partition coefficient (Wildman–Crippen LogP) is 5.18. The molecule has 0 atom stereocenters. The Balaban J connectivity index is 2.01. The number of benzene rings is 2. The molecular weight excluding hydrogens is 272 g/mol. The molecule has 1 heterocycles. The molecule has 2 heteroatoms. The first-order valence-electron chi connectivity index (χ1n) is 7.50. The molecule has 2 aromatic carbocycles. The van der Waals surface area contributed by atoms with Crippen molar-refractivity contribution in [2.24, 2.45) is 0 Å². The molecule has 22 heavy (non-hydrogen) atoms. The molecule has 0 saturated heterocycles. The third kappa shape index (κ3) is 1.55. The maximum Gasteiger partial charge on any atom is 0.177 e. The molecule has 0 radical (unpaired) electrons. The second-order valence-corrected chi connectivity index (χ2v) is 6.31. The van der Waals surface area contributed by atoms with Crippen LogP contribution in [0.2, 0.25) is 0 Å². The summed E-state index contributed by atoms with van der Waals surface area (Å²) >= 11 is 0. The van der Waals surface area contributed by atoms with Gasteiger partial charge < -0.3 is 9.47 Å². The first-order chi connectivity index (χ1) is 10.5. The van der Waals surface area contributed by atoms with Crippen molar-refractivity contribution in [3.63, 3.8) is 0 Å². The summed E-state index contributed by atoms with van der Waals surface area (Å²) in [6.07, 6.45) is 1.68. The number of rotatable bonds is 1. The van der Waals surface area contributed by atoms with Gasteiger partial charge in [-0.2, -0.15) is 0 Å². The maximum absolute atomic E-state index is 6.11. The van der Waals surface area contributed by atoms with Crippen molar-refractivity contribution in [1.82, 2.24) is 0 Å². The average Bonchev–Trinajstić information content (AvgIpc) is 2.75. The minimum absolute atomic E-state index is 0.0271. The lowest BCUT2D eigenvalue weighted by Crippen LogP contribution is -2.15. The van der Waals surface area contributed by atoms with Gasteiger partial charge in [0, 0.05) is 11.0 Å². The smallest absolute Gasteiger partial charge is 0.177 e. The molecule has 0 saturated carbocycles. The van der Waals surface area contributed by atoms with Gasteiger partial charge in [0.1, 0.15) is 5.76 Å². The Morgan fingerprint density at radius 1 is 1.00 bits per heavy atom. The molecular formula is C20H18O2. The highest BCUT2D eigenvalue weighted by Gasteiger charge is 2.39. The molecule has 1 aliphatic heterocycles. The summed E-state index contributed by atoms with van der Waals surface area (Å²) in [4.78, 5) is 0. The predicted molar refractivity (Wildman–Crippen MR) is 88.2 cm³/mol. The van der Waals surface area contributed by atoms with Crippen LogP contribution in [0.15, 0.2) is 60.6 Å². The van der Waals surface area contributed by atoms with Crippen molar-refractivity contribution in [3.05, 3.63) is 71.7 Å². The SMILES string of the molecule is C=CC1=C(C)Oc2c(ccc3c2-c2ccccc2C3(C)C)O1. The molecule has 4 rings (SSSR count). The molecule has 0 aromatic heterocycles. The van der Waals surface area contributed by atoms with Crippen molar-refractivity contribution in [2.75, 3.05) is 0 Å². The Labute approximate surface area is 130 Å². The molecule has 0 fully saturated rings. The van der Waals surface area contributed by atoms with Crippen LogP contribution in [-0.2, 0) is 5.41 Å². The minimum atomic E-state index is -0.0271. The van der Waals surface area contributed by atoms with Crippen LogP contribution in [0.5, 0.6) is 11.5 Å². The van der Waals surface area contributed by atoms with E-state index in [0.29, 0.717) is 5.76 Å².